The highest BCUT2D eigenvalue weighted by Crippen LogP contribution is 2.26. The van der Waals surface area contributed by atoms with E-state index in [0.717, 1.165) is 73.7 Å². The van der Waals surface area contributed by atoms with Gasteiger partial charge in [0.1, 0.15) is 11.6 Å². The van der Waals surface area contributed by atoms with Crippen LogP contribution in [0.25, 0.3) is 71.3 Å². The average Bonchev–Trinajstić information content (AvgIpc) is 1.02. The van der Waals surface area contributed by atoms with Gasteiger partial charge in [-0.05, 0) is 266 Å². The number of pyridine rings is 4. The van der Waals surface area contributed by atoms with Gasteiger partial charge in [-0.2, -0.15) is 5.10 Å². The molecule has 9 aromatic heterocycles. The van der Waals surface area contributed by atoms with E-state index >= 15 is 0 Å². The van der Waals surface area contributed by atoms with Crippen molar-refractivity contribution in [3.05, 3.63) is 374 Å². The summed E-state index contributed by atoms with van der Waals surface area (Å²) in [4.78, 5) is 23.8. The van der Waals surface area contributed by atoms with E-state index in [1.807, 2.05) is 144 Å². The van der Waals surface area contributed by atoms with Gasteiger partial charge in [0.2, 0.25) is 0 Å². The second-order valence-corrected chi connectivity index (χ2v) is 27.2. The molecule has 11 heteroatoms. The molecule has 0 bridgehead atoms. The highest BCUT2D eigenvalue weighted by atomic mass is 32.1. The number of benzene rings is 8. The molecule has 104 heavy (non-hydrogen) atoms. The monoisotopic (exact) mass is 1390 g/mol. The van der Waals surface area contributed by atoms with Gasteiger partial charge in [-0.25, -0.2) is 14.6 Å². The summed E-state index contributed by atoms with van der Waals surface area (Å²) in [6, 6.07) is 87.2. The van der Waals surface area contributed by atoms with Crippen LogP contribution in [0.3, 0.4) is 0 Å². The summed E-state index contributed by atoms with van der Waals surface area (Å²) >= 11 is 1.78. The predicted octanol–water partition coefficient (Wildman–Crippen LogP) is 24.6. The van der Waals surface area contributed by atoms with Gasteiger partial charge in [0.15, 0.2) is 0 Å². The first-order valence-electron chi connectivity index (χ1n) is 35.2. The fraction of sp³-hybridized carbons (Fsp3) is 0.183. The Balaban J connectivity index is 0.000000137. The Morgan fingerprint density at radius 1 is 0.346 bits per heavy atom. The molecule has 8 aromatic carbocycles. The Labute approximate surface area is 619 Å². The molecule has 0 atom stereocenters. The summed E-state index contributed by atoms with van der Waals surface area (Å²) in [6.07, 6.45) is 5.54. The standard InChI is InChI=1S/C14H11N.C12H14N2.3C12H13N.C11H11N.C10H10N2.C5H6O.C5H6S/c1-10-11-6-2-4-8-13(11)15-14-9-5-3-7-12(10)14;1-9-10(2)14(11(3)13-9)12-7-5-4-6-8-12;1-8-4-5-12-10(3)13-9(2)7-11(12)6-8;1-8-4-5-11-7-9(2)13-10(3)12(11)6-8;1-8-4-5-11-9(2)7-10(3)13-12(11)6-8;1-10-6-5-9-12(10)11-7-3-2-4-8-11;1-9-7-8-11-12(9)10-5-3-2-4-6-10;2*1-5-3-2-4-6-5/h2-9H,1H3;4-8H,1-3H3;3*4-7H,1-3H3;2-9H,1H3;2-8H,1H3;2*2-4H,1H3. The zero-order valence-corrected chi connectivity index (χ0v) is 64.2. The highest BCUT2D eigenvalue weighted by molar-refractivity contribution is 7.09. The van der Waals surface area contributed by atoms with Crippen LogP contribution in [0.1, 0.15) is 95.5 Å². The highest BCUT2D eigenvalue weighted by Gasteiger charge is 2.09. The fourth-order valence-corrected chi connectivity index (χ4v) is 12.7. The van der Waals surface area contributed by atoms with Gasteiger partial charge in [0, 0.05) is 101 Å². The minimum absolute atomic E-state index is 0.968. The fourth-order valence-electron chi connectivity index (χ4n) is 12.1. The molecule has 0 radical (unpaired) electrons. The molecule has 0 amide bonds. The molecule has 0 spiro atoms. The molecule has 17 aromatic rings. The zero-order chi connectivity index (χ0) is 74.2. The summed E-state index contributed by atoms with van der Waals surface area (Å²) in [5.41, 5.74) is 23.5. The second kappa shape index (κ2) is 37.3. The number of nitrogens with zero attached hydrogens (tertiary/aromatic N) is 9. The molecule has 0 saturated carbocycles. The van der Waals surface area contributed by atoms with Crippen LogP contribution in [0.4, 0.5) is 0 Å². The SMILES string of the molecule is Cc1c2ccccc2nc2ccccc12.Cc1ccc2c(C)cc(C)nc2c1.Cc1ccc2c(C)nc(C)cc2c1.Cc1ccc2cc(C)nc(C)c2c1.Cc1cccn1-c1ccccc1.Cc1ccco1.Cc1cccs1.Cc1ccnn1-c1ccccc1.Cc1nc(C)n(-c2ccccc2)c1C. The molecule has 0 fully saturated rings. The lowest BCUT2D eigenvalue weighted by atomic mass is 10.0. The van der Waals surface area contributed by atoms with Gasteiger partial charge in [0.25, 0.3) is 0 Å². The van der Waals surface area contributed by atoms with Crippen LogP contribution >= 0.6 is 11.3 Å². The van der Waals surface area contributed by atoms with Crippen molar-refractivity contribution < 1.29 is 4.42 Å². The van der Waals surface area contributed by atoms with Gasteiger partial charge >= 0.3 is 0 Å². The molecule has 0 unspecified atom stereocenters. The number of hydrogen-bond acceptors (Lipinski definition) is 8. The van der Waals surface area contributed by atoms with E-state index < -0.39 is 0 Å². The minimum atomic E-state index is 0.968. The molecule has 526 valence electrons. The van der Waals surface area contributed by atoms with Crippen molar-refractivity contribution in [1.82, 2.24) is 43.8 Å². The summed E-state index contributed by atoms with van der Waals surface area (Å²) in [5, 5.41) is 15.1. The van der Waals surface area contributed by atoms with Crippen molar-refractivity contribution in [2.24, 2.45) is 0 Å². The molecule has 0 aliphatic carbocycles. The summed E-state index contributed by atoms with van der Waals surface area (Å²) in [7, 11) is 0. The Morgan fingerprint density at radius 3 is 1.41 bits per heavy atom. The van der Waals surface area contributed by atoms with Gasteiger partial charge in [-0.15, -0.1) is 11.3 Å². The molecular formula is C93H97N9OS. The lowest BCUT2D eigenvalue weighted by Gasteiger charge is -2.06. The van der Waals surface area contributed by atoms with Crippen LogP contribution in [0.2, 0.25) is 0 Å². The molecule has 0 saturated heterocycles. The maximum atomic E-state index is 4.83. The normalized spacial score (nSPS) is 10.4. The number of aromatic nitrogens is 9. The van der Waals surface area contributed by atoms with Crippen LogP contribution in [0.15, 0.2) is 283 Å². The third-order valence-electron chi connectivity index (χ3n) is 17.4. The number of furan rings is 1. The smallest absolute Gasteiger partial charge is 0.110 e. The van der Waals surface area contributed by atoms with E-state index in [0.29, 0.717) is 0 Å². The van der Waals surface area contributed by atoms with Gasteiger partial charge in [0.05, 0.1) is 34.2 Å². The third-order valence-corrected chi connectivity index (χ3v) is 18.2. The first-order valence-corrected chi connectivity index (χ1v) is 36.1. The molecule has 10 nitrogen and oxygen atoms in total. The van der Waals surface area contributed by atoms with Crippen molar-refractivity contribution in [3.8, 4) is 17.1 Å². The molecule has 0 N–H and O–H groups in total. The van der Waals surface area contributed by atoms with Crippen LogP contribution in [-0.4, -0.2) is 43.8 Å². The molecule has 0 aliphatic heterocycles. The summed E-state index contributed by atoms with van der Waals surface area (Å²) < 4.78 is 11.1. The Hall–Kier alpha value is -11.7. The van der Waals surface area contributed by atoms with Crippen molar-refractivity contribution in [3.63, 3.8) is 0 Å². The largest absolute Gasteiger partial charge is 0.470 e. The van der Waals surface area contributed by atoms with Crippen molar-refractivity contribution in [2.75, 3.05) is 0 Å². The topological polar surface area (TPSA) is 105 Å². The molecular weight excluding hydrogens is 1290 g/mol. The van der Waals surface area contributed by atoms with E-state index in [9.17, 15) is 0 Å². The van der Waals surface area contributed by atoms with Gasteiger partial charge in [-0.1, -0.05) is 151 Å². The quantitative estimate of drug-likeness (QED) is 0.162. The molecule has 9 heterocycles. The van der Waals surface area contributed by atoms with E-state index in [4.69, 9.17) is 4.42 Å². The third kappa shape index (κ3) is 21.5. The summed E-state index contributed by atoms with van der Waals surface area (Å²) in [5.74, 6) is 2.02. The first kappa shape index (κ1) is 76.5. The number of thiophene rings is 1. The van der Waals surface area contributed by atoms with Crippen LogP contribution < -0.4 is 0 Å². The van der Waals surface area contributed by atoms with E-state index in [-0.39, 0.29) is 0 Å². The van der Waals surface area contributed by atoms with E-state index in [1.165, 1.54) is 93.2 Å². The number of fused-ring (bicyclic) bond motifs is 5. The molecule has 17 rings (SSSR count). The number of imidazole rings is 1. The van der Waals surface area contributed by atoms with Crippen molar-refractivity contribution >= 4 is 65.6 Å². The van der Waals surface area contributed by atoms with Crippen LogP contribution in [-0.2, 0) is 0 Å². The van der Waals surface area contributed by atoms with Gasteiger partial charge in [-0.3, -0.25) is 15.0 Å². The lowest BCUT2D eigenvalue weighted by molar-refractivity contribution is 0.534. The maximum absolute atomic E-state index is 4.83. The number of para-hydroxylation sites is 5. The van der Waals surface area contributed by atoms with Crippen molar-refractivity contribution in [2.45, 2.75) is 118 Å². The summed E-state index contributed by atoms with van der Waals surface area (Å²) in [6.45, 7) is 35.2. The Kier molecular flexibility index (Phi) is 27.5. The van der Waals surface area contributed by atoms with Crippen LogP contribution in [0, 0.1) is 118 Å². The number of hydrogen-bond donors (Lipinski definition) is 0. The average molecular weight is 1390 g/mol. The van der Waals surface area contributed by atoms with E-state index in [1.54, 1.807) is 17.6 Å². The molecule has 0 aliphatic rings. The van der Waals surface area contributed by atoms with Crippen LogP contribution in [0.5, 0.6) is 0 Å². The minimum Gasteiger partial charge on any atom is -0.470 e. The number of rotatable bonds is 3. The van der Waals surface area contributed by atoms with Gasteiger partial charge < -0.3 is 13.6 Å². The Morgan fingerprint density at radius 2 is 0.894 bits per heavy atom. The maximum Gasteiger partial charge on any atom is 0.110 e. The number of aryl methyl sites for hydroxylation is 16. The second-order valence-electron chi connectivity index (χ2n) is 26.0. The first-order chi connectivity index (χ1) is 50.1. The lowest BCUT2D eigenvalue weighted by Crippen LogP contribution is -1.98. The van der Waals surface area contributed by atoms with Crippen molar-refractivity contribution in [1.29, 1.82) is 0 Å². The Bertz CT molecular complexity index is 5260. The zero-order valence-electron chi connectivity index (χ0n) is 63.4. The van der Waals surface area contributed by atoms with E-state index in [2.05, 4.69) is 290 Å². The predicted molar refractivity (Wildman–Crippen MR) is 441 cm³/mol.